The monoisotopic (exact) mass is 143 g/mol. The number of ether oxygens (including phenoxy) is 1. The molecule has 0 rings (SSSR count). The predicted molar refractivity (Wildman–Crippen MR) is 39.4 cm³/mol. The van der Waals surface area contributed by atoms with Crippen LogP contribution in [0.4, 0.5) is 0 Å². The Bertz CT molecular complexity index is 130. The summed E-state index contributed by atoms with van der Waals surface area (Å²) in [6.07, 6.45) is 2.93. The van der Waals surface area contributed by atoms with Crippen molar-refractivity contribution >= 4 is 5.97 Å². The molecule has 0 atom stereocenters. The van der Waals surface area contributed by atoms with Crippen molar-refractivity contribution in [2.75, 3.05) is 7.11 Å². The average molecular weight is 143 g/mol. The molecule has 10 heavy (non-hydrogen) atoms. The van der Waals surface area contributed by atoms with Gasteiger partial charge in [0.15, 0.2) is 0 Å². The van der Waals surface area contributed by atoms with Gasteiger partial charge in [0.2, 0.25) is 0 Å². The maximum Gasteiger partial charge on any atom is 0.331 e. The van der Waals surface area contributed by atoms with Crippen LogP contribution in [0, 0.1) is 0 Å². The first-order valence-corrected chi connectivity index (χ1v) is 3.17. The van der Waals surface area contributed by atoms with Crippen LogP contribution >= 0.6 is 0 Å². The SMILES string of the molecule is COC(=O)/C=C/NC(C)C. The highest BCUT2D eigenvalue weighted by Gasteiger charge is 1.89. The average Bonchev–Trinajstić information content (AvgIpc) is 1.87. The minimum Gasteiger partial charge on any atom is -0.466 e. The Morgan fingerprint density at radius 3 is 2.60 bits per heavy atom. The summed E-state index contributed by atoms with van der Waals surface area (Å²) in [6, 6.07) is 0.348. The number of carbonyl (C=O) groups excluding carboxylic acids is 1. The summed E-state index contributed by atoms with van der Waals surface area (Å²) in [5.74, 6) is -0.340. The van der Waals surface area contributed by atoms with Crippen LogP contribution in [0.2, 0.25) is 0 Å². The van der Waals surface area contributed by atoms with Gasteiger partial charge in [-0.25, -0.2) is 4.79 Å². The Kier molecular flexibility index (Phi) is 4.37. The zero-order valence-corrected chi connectivity index (χ0v) is 6.55. The molecule has 0 heterocycles. The van der Waals surface area contributed by atoms with E-state index in [-0.39, 0.29) is 5.97 Å². The van der Waals surface area contributed by atoms with E-state index in [0.717, 1.165) is 0 Å². The van der Waals surface area contributed by atoms with Crippen LogP contribution in [-0.4, -0.2) is 19.1 Å². The molecular formula is C7H13NO2. The second-order valence-corrected chi connectivity index (χ2v) is 2.18. The molecule has 0 saturated heterocycles. The third kappa shape index (κ3) is 5.15. The third-order valence-corrected chi connectivity index (χ3v) is 0.850. The molecule has 0 aliphatic heterocycles. The van der Waals surface area contributed by atoms with Crippen LogP contribution in [0.3, 0.4) is 0 Å². The minimum absolute atomic E-state index is 0.340. The summed E-state index contributed by atoms with van der Waals surface area (Å²) in [4.78, 5) is 10.4. The fourth-order valence-electron chi connectivity index (χ4n) is 0.377. The van der Waals surface area contributed by atoms with Crippen LogP contribution < -0.4 is 5.32 Å². The molecule has 3 nitrogen and oxygen atoms in total. The smallest absolute Gasteiger partial charge is 0.331 e. The van der Waals surface area contributed by atoms with Gasteiger partial charge in [-0.1, -0.05) is 0 Å². The molecule has 0 spiro atoms. The van der Waals surface area contributed by atoms with Crippen molar-refractivity contribution in [1.29, 1.82) is 0 Å². The lowest BCUT2D eigenvalue weighted by molar-refractivity contribution is -0.134. The minimum atomic E-state index is -0.340. The van der Waals surface area contributed by atoms with Crippen molar-refractivity contribution in [3.8, 4) is 0 Å². The van der Waals surface area contributed by atoms with Gasteiger partial charge in [-0.05, 0) is 13.8 Å². The first-order chi connectivity index (χ1) is 4.66. The number of methoxy groups -OCH3 is 1. The fourth-order valence-corrected chi connectivity index (χ4v) is 0.377. The Labute approximate surface area is 61.1 Å². The van der Waals surface area contributed by atoms with Gasteiger partial charge in [0.05, 0.1) is 7.11 Å². The van der Waals surface area contributed by atoms with Gasteiger partial charge in [0, 0.05) is 18.3 Å². The van der Waals surface area contributed by atoms with Crippen LogP contribution in [0.25, 0.3) is 0 Å². The van der Waals surface area contributed by atoms with Crippen LogP contribution in [-0.2, 0) is 9.53 Å². The maximum atomic E-state index is 10.4. The molecule has 0 aliphatic rings. The van der Waals surface area contributed by atoms with Gasteiger partial charge in [0.25, 0.3) is 0 Å². The lowest BCUT2D eigenvalue weighted by atomic mass is 10.4. The number of hydrogen-bond acceptors (Lipinski definition) is 3. The Morgan fingerprint density at radius 2 is 2.20 bits per heavy atom. The van der Waals surface area contributed by atoms with Crippen molar-refractivity contribution in [2.45, 2.75) is 19.9 Å². The number of hydrogen-bond donors (Lipinski definition) is 1. The van der Waals surface area contributed by atoms with Gasteiger partial charge < -0.3 is 10.1 Å². The molecule has 0 aromatic rings. The molecule has 0 saturated carbocycles. The summed E-state index contributed by atoms with van der Waals surface area (Å²) < 4.78 is 4.37. The lowest BCUT2D eigenvalue weighted by Gasteiger charge is -2.01. The molecule has 0 aromatic carbocycles. The highest BCUT2D eigenvalue weighted by Crippen LogP contribution is 1.78. The Morgan fingerprint density at radius 1 is 1.60 bits per heavy atom. The molecule has 58 valence electrons. The van der Waals surface area contributed by atoms with Gasteiger partial charge in [-0.3, -0.25) is 0 Å². The van der Waals surface area contributed by atoms with E-state index >= 15 is 0 Å². The molecule has 0 unspecified atom stereocenters. The van der Waals surface area contributed by atoms with E-state index in [1.54, 1.807) is 6.20 Å². The predicted octanol–water partition coefficient (Wildman–Crippen LogP) is 0.671. The zero-order valence-electron chi connectivity index (χ0n) is 6.55. The first-order valence-electron chi connectivity index (χ1n) is 3.17. The normalized spacial score (nSPS) is 10.4. The summed E-state index contributed by atoms with van der Waals surface area (Å²) in [5.41, 5.74) is 0. The summed E-state index contributed by atoms with van der Waals surface area (Å²) >= 11 is 0. The molecular weight excluding hydrogens is 130 g/mol. The standard InChI is InChI=1S/C7H13NO2/c1-6(2)8-5-4-7(9)10-3/h4-6,8H,1-3H3/b5-4+. The van der Waals surface area contributed by atoms with E-state index in [9.17, 15) is 4.79 Å². The van der Waals surface area contributed by atoms with Gasteiger partial charge in [-0.2, -0.15) is 0 Å². The Hall–Kier alpha value is -0.990. The van der Waals surface area contributed by atoms with Crippen molar-refractivity contribution in [3.63, 3.8) is 0 Å². The Balaban J connectivity index is 3.46. The highest BCUT2D eigenvalue weighted by atomic mass is 16.5. The fraction of sp³-hybridized carbons (Fsp3) is 0.571. The van der Waals surface area contributed by atoms with E-state index < -0.39 is 0 Å². The molecule has 0 radical (unpaired) electrons. The van der Waals surface area contributed by atoms with E-state index in [1.165, 1.54) is 13.2 Å². The number of rotatable bonds is 3. The number of esters is 1. The van der Waals surface area contributed by atoms with Crippen LogP contribution in [0.15, 0.2) is 12.3 Å². The molecule has 0 aliphatic carbocycles. The lowest BCUT2D eigenvalue weighted by Crippen LogP contribution is -2.15. The summed E-state index contributed by atoms with van der Waals surface area (Å²) in [5, 5.41) is 2.93. The third-order valence-electron chi connectivity index (χ3n) is 0.850. The van der Waals surface area contributed by atoms with Crippen molar-refractivity contribution in [2.24, 2.45) is 0 Å². The van der Waals surface area contributed by atoms with Gasteiger partial charge in [0.1, 0.15) is 0 Å². The second kappa shape index (κ2) is 4.85. The molecule has 3 heteroatoms. The van der Waals surface area contributed by atoms with Crippen LogP contribution in [0.1, 0.15) is 13.8 Å². The maximum absolute atomic E-state index is 10.4. The van der Waals surface area contributed by atoms with E-state index in [0.29, 0.717) is 6.04 Å². The first kappa shape index (κ1) is 9.01. The van der Waals surface area contributed by atoms with E-state index in [4.69, 9.17) is 0 Å². The second-order valence-electron chi connectivity index (χ2n) is 2.18. The molecule has 1 N–H and O–H groups in total. The van der Waals surface area contributed by atoms with E-state index in [1.807, 2.05) is 13.8 Å². The van der Waals surface area contributed by atoms with Gasteiger partial charge in [-0.15, -0.1) is 0 Å². The zero-order chi connectivity index (χ0) is 7.98. The number of carbonyl (C=O) groups is 1. The van der Waals surface area contributed by atoms with Crippen molar-refractivity contribution in [3.05, 3.63) is 12.3 Å². The molecule has 0 aromatic heterocycles. The topological polar surface area (TPSA) is 38.3 Å². The molecule has 0 amide bonds. The van der Waals surface area contributed by atoms with Crippen molar-refractivity contribution < 1.29 is 9.53 Å². The summed E-state index contributed by atoms with van der Waals surface area (Å²) in [6.45, 7) is 3.98. The number of nitrogens with one attached hydrogen (secondary N) is 1. The van der Waals surface area contributed by atoms with Gasteiger partial charge >= 0.3 is 5.97 Å². The summed E-state index contributed by atoms with van der Waals surface area (Å²) in [7, 11) is 1.35. The van der Waals surface area contributed by atoms with Crippen LogP contribution in [0.5, 0.6) is 0 Å². The van der Waals surface area contributed by atoms with Crippen molar-refractivity contribution in [1.82, 2.24) is 5.32 Å². The van der Waals surface area contributed by atoms with E-state index in [2.05, 4.69) is 10.1 Å². The molecule has 0 bridgehead atoms. The molecule has 0 fully saturated rings. The quantitative estimate of drug-likeness (QED) is 0.466. The largest absolute Gasteiger partial charge is 0.466 e. The highest BCUT2D eigenvalue weighted by molar-refractivity contribution is 5.81.